The number of benzene rings is 1. The quantitative estimate of drug-likeness (QED) is 0.717. The number of allylic oxidation sites excluding steroid dienone is 1. The Morgan fingerprint density at radius 3 is 2.91 bits per heavy atom. The number of pyridine rings is 1. The van der Waals surface area contributed by atoms with E-state index in [1.165, 1.54) is 6.20 Å². The van der Waals surface area contributed by atoms with E-state index in [0.717, 1.165) is 32.0 Å². The molecule has 0 radical (unpaired) electrons. The van der Waals surface area contributed by atoms with Gasteiger partial charge in [0.1, 0.15) is 0 Å². The highest BCUT2D eigenvalue weighted by atomic mass is 35.5. The van der Waals surface area contributed by atoms with Gasteiger partial charge in [-0.3, -0.25) is 9.98 Å². The number of nitrogens with zero attached hydrogens (tertiary/aromatic N) is 2. The van der Waals surface area contributed by atoms with Gasteiger partial charge < -0.3 is 10.1 Å². The normalized spacial score (nSPS) is 13.6. The van der Waals surface area contributed by atoms with Gasteiger partial charge in [-0.25, -0.2) is 4.79 Å². The third-order valence-corrected chi connectivity index (χ3v) is 3.66. The molecule has 1 aromatic carbocycles. The van der Waals surface area contributed by atoms with Gasteiger partial charge in [0.25, 0.3) is 0 Å². The summed E-state index contributed by atoms with van der Waals surface area (Å²) in [6, 6.07) is 7.60. The first-order valence-corrected chi connectivity index (χ1v) is 6.78. The van der Waals surface area contributed by atoms with E-state index in [2.05, 4.69) is 15.0 Å². The Hall–Kier alpha value is -2.92. The van der Waals surface area contributed by atoms with Crippen molar-refractivity contribution in [3.63, 3.8) is 0 Å². The second-order valence-corrected chi connectivity index (χ2v) is 5.04. The molecule has 0 bridgehead atoms. The first-order chi connectivity index (χ1) is 10.7. The molecule has 4 rings (SSSR count). The van der Waals surface area contributed by atoms with Crippen molar-refractivity contribution in [2.24, 2.45) is 4.99 Å². The number of fused-ring (bicyclic) bond motifs is 3. The zero-order valence-corrected chi connectivity index (χ0v) is 12.7. The lowest BCUT2D eigenvalue weighted by atomic mass is 10.1. The minimum Gasteiger partial charge on any atom is -0.478 e. The Balaban J connectivity index is 0.00000156. The lowest BCUT2D eigenvalue weighted by molar-refractivity contribution is 0.0696. The molecule has 0 unspecified atom stereocenters. The van der Waals surface area contributed by atoms with Crippen LogP contribution in [0.3, 0.4) is 0 Å². The van der Waals surface area contributed by atoms with Gasteiger partial charge in [0.2, 0.25) is 0 Å². The van der Waals surface area contributed by atoms with Crippen LogP contribution in [0, 0.1) is 10.6 Å². The van der Waals surface area contributed by atoms with Gasteiger partial charge >= 0.3 is 5.97 Å². The van der Waals surface area contributed by atoms with E-state index in [1.54, 1.807) is 18.3 Å². The molecule has 0 saturated heterocycles. The van der Waals surface area contributed by atoms with Gasteiger partial charge in [-0.1, -0.05) is 6.08 Å². The summed E-state index contributed by atoms with van der Waals surface area (Å²) >= 11 is 0. The number of aromatic amines is 1. The van der Waals surface area contributed by atoms with Crippen molar-refractivity contribution in [2.45, 2.75) is 0 Å². The fourth-order valence-corrected chi connectivity index (χ4v) is 2.61. The summed E-state index contributed by atoms with van der Waals surface area (Å²) in [7, 11) is 0. The molecular formula is C17H12ClN3O2. The number of hydrogen-bond donors (Lipinski definition) is 2. The number of aromatic nitrogens is 2. The van der Waals surface area contributed by atoms with Gasteiger partial charge in [0.15, 0.2) is 0 Å². The Morgan fingerprint density at radius 1 is 1.22 bits per heavy atom. The summed E-state index contributed by atoms with van der Waals surface area (Å²) in [6.45, 7) is 0. The molecule has 114 valence electrons. The Morgan fingerprint density at radius 2 is 2.09 bits per heavy atom. The molecule has 5 nitrogen and oxygen atoms in total. The summed E-state index contributed by atoms with van der Waals surface area (Å²) in [5, 5.41) is 13.4. The van der Waals surface area contributed by atoms with Crippen LogP contribution in [0.2, 0.25) is 0 Å². The van der Waals surface area contributed by atoms with Crippen LogP contribution in [0.1, 0.15) is 10.4 Å². The third-order valence-electron chi connectivity index (χ3n) is 3.66. The maximum atomic E-state index is 11.1. The summed E-state index contributed by atoms with van der Waals surface area (Å²) in [4.78, 5) is 23.1. The van der Waals surface area contributed by atoms with E-state index >= 15 is 0 Å². The predicted octanol–water partition coefficient (Wildman–Crippen LogP) is 1.90. The maximum absolute atomic E-state index is 11.1. The summed E-state index contributed by atoms with van der Waals surface area (Å²) < 4.78 is 0. The molecular weight excluding hydrogens is 314 g/mol. The smallest absolute Gasteiger partial charge is 0.337 e. The molecule has 0 atom stereocenters. The number of H-pyrrole nitrogens is 1. The molecule has 3 aromatic rings. The number of halogens is 1. The number of carboxylic acids is 1. The van der Waals surface area contributed by atoms with Crippen LogP contribution in [0.25, 0.3) is 17.0 Å². The van der Waals surface area contributed by atoms with Gasteiger partial charge in [-0.15, -0.1) is 12.4 Å². The minimum atomic E-state index is -0.985. The number of rotatable bonds is 1. The highest BCUT2D eigenvalue weighted by Crippen LogP contribution is 2.09. The standard InChI is InChI=1S/C17H11N3O2.ClH/c21-17(22)12-6-11-2-1-4-18-15-8-14-10(3-5-19-14)7-13(15)16(11)20-9-12;/h1-9,19H,(H,21,22);1H/b2-1?,4-1?,11-2?,16-13-,18-4?,18-15?;. The second-order valence-electron chi connectivity index (χ2n) is 5.04. The van der Waals surface area contributed by atoms with Gasteiger partial charge in [0, 0.05) is 39.9 Å². The molecule has 0 aliphatic carbocycles. The van der Waals surface area contributed by atoms with Gasteiger partial charge in [-0.05, 0) is 30.3 Å². The van der Waals surface area contributed by atoms with E-state index in [9.17, 15) is 4.79 Å². The molecule has 2 N–H and O–H groups in total. The Bertz CT molecular complexity index is 1160. The first-order valence-electron chi connectivity index (χ1n) is 6.78. The number of hydrogen-bond acceptors (Lipinski definition) is 3. The highest BCUT2D eigenvalue weighted by Gasteiger charge is 2.04. The highest BCUT2D eigenvalue weighted by molar-refractivity contribution is 5.87. The molecule has 0 amide bonds. The average molecular weight is 326 g/mol. The Labute approximate surface area is 136 Å². The molecule has 1 aliphatic rings. The van der Waals surface area contributed by atoms with Crippen molar-refractivity contribution in [3.8, 4) is 0 Å². The number of carboxylic acid groups (broad SMARTS) is 1. The van der Waals surface area contributed by atoms with Crippen molar-refractivity contribution in [3.05, 3.63) is 75.6 Å². The van der Waals surface area contributed by atoms with E-state index < -0.39 is 5.97 Å². The molecule has 6 heteroatoms. The lowest BCUT2D eigenvalue weighted by Crippen LogP contribution is -2.15. The van der Waals surface area contributed by atoms with Crippen molar-refractivity contribution in [1.82, 2.24) is 9.97 Å². The summed E-state index contributed by atoms with van der Waals surface area (Å²) in [5.74, 6) is -0.985. The summed E-state index contributed by atoms with van der Waals surface area (Å²) in [6.07, 6.45) is 8.56. The molecule has 3 heterocycles. The van der Waals surface area contributed by atoms with Gasteiger partial charge in [0.05, 0.1) is 16.3 Å². The van der Waals surface area contributed by atoms with Crippen LogP contribution in [0.5, 0.6) is 0 Å². The van der Waals surface area contributed by atoms with Crippen molar-refractivity contribution in [1.29, 1.82) is 0 Å². The van der Waals surface area contributed by atoms with Crippen LogP contribution < -0.4 is 10.6 Å². The van der Waals surface area contributed by atoms with Crippen LogP contribution >= 0.6 is 12.4 Å². The maximum Gasteiger partial charge on any atom is 0.337 e. The average Bonchev–Trinajstić information content (AvgIpc) is 2.95. The Kier molecular flexibility index (Phi) is 3.72. The largest absolute Gasteiger partial charge is 0.478 e. The fourth-order valence-electron chi connectivity index (χ4n) is 2.61. The van der Waals surface area contributed by atoms with Crippen molar-refractivity contribution >= 4 is 35.4 Å². The van der Waals surface area contributed by atoms with Crippen molar-refractivity contribution in [2.75, 3.05) is 0 Å². The molecule has 23 heavy (non-hydrogen) atoms. The number of aromatic carboxylic acids is 1. The van der Waals surface area contributed by atoms with Crippen LogP contribution in [0.15, 0.2) is 53.9 Å². The molecule has 0 saturated carbocycles. The molecule has 2 aromatic heterocycles. The van der Waals surface area contributed by atoms with Gasteiger partial charge in [-0.2, -0.15) is 0 Å². The molecule has 0 fully saturated rings. The first kappa shape index (κ1) is 15.0. The van der Waals surface area contributed by atoms with E-state index in [0.29, 0.717) is 0 Å². The topological polar surface area (TPSA) is 78.3 Å². The predicted molar refractivity (Wildman–Crippen MR) is 88.8 cm³/mol. The fraction of sp³-hybridized carbons (Fsp3) is 0. The third kappa shape index (κ3) is 2.51. The second kappa shape index (κ2) is 5.70. The van der Waals surface area contributed by atoms with Crippen LogP contribution in [-0.2, 0) is 0 Å². The lowest BCUT2D eigenvalue weighted by Gasteiger charge is -1.99. The van der Waals surface area contributed by atoms with E-state index in [-0.39, 0.29) is 18.0 Å². The zero-order valence-electron chi connectivity index (χ0n) is 11.9. The summed E-state index contributed by atoms with van der Waals surface area (Å²) in [5.41, 5.74) is 1.18. The number of nitrogens with one attached hydrogen (secondary N) is 1. The van der Waals surface area contributed by atoms with Crippen LogP contribution in [-0.4, -0.2) is 21.0 Å². The number of carbonyl (C=O) groups is 1. The van der Waals surface area contributed by atoms with E-state index in [1.807, 2.05) is 30.5 Å². The zero-order chi connectivity index (χ0) is 15.1. The SMILES string of the molecule is Cl.O=C(O)c1cn/c2c(c1)=CC=CN=c1cc3[nH]ccc3c\c1=2. The monoisotopic (exact) mass is 325 g/mol. The molecule has 0 spiro atoms. The minimum absolute atomic E-state index is 0. The van der Waals surface area contributed by atoms with Crippen molar-refractivity contribution < 1.29 is 9.90 Å². The molecule has 1 aliphatic heterocycles. The van der Waals surface area contributed by atoms with E-state index in [4.69, 9.17) is 5.11 Å². The van der Waals surface area contributed by atoms with Crippen LogP contribution in [0.4, 0.5) is 0 Å².